The molecule has 0 fully saturated rings. The van der Waals surface area contributed by atoms with Crippen LogP contribution in [0.2, 0.25) is 0 Å². The van der Waals surface area contributed by atoms with Gasteiger partial charge < -0.3 is 4.84 Å². The highest BCUT2D eigenvalue weighted by Crippen LogP contribution is 2.12. The lowest BCUT2D eigenvalue weighted by atomic mass is 10.3. The Bertz CT molecular complexity index is 492. The molecule has 10 heteroatoms. The van der Waals surface area contributed by atoms with E-state index in [1.807, 2.05) is 0 Å². The summed E-state index contributed by atoms with van der Waals surface area (Å²) in [5.41, 5.74) is 0. The summed E-state index contributed by atoms with van der Waals surface area (Å²) in [4.78, 5) is 37.6. The molecule has 1 aliphatic heterocycles. The maximum Gasteiger partial charge on any atom is 0.325 e. The zero-order valence-electron chi connectivity index (χ0n) is 8.98. The van der Waals surface area contributed by atoms with E-state index >= 15 is 0 Å². The van der Waals surface area contributed by atoms with E-state index in [-0.39, 0.29) is 0 Å². The average Bonchev–Trinajstić information content (AvgIpc) is 2.58. The topological polar surface area (TPSA) is 144 Å². The first-order valence-corrected chi connectivity index (χ1v) is 6.15. The molecule has 1 atom stereocenters. The summed E-state index contributed by atoms with van der Waals surface area (Å²) in [5.74, 6) is 1.99. The first kappa shape index (κ1) is 14.3. The van der Waals surface area contributed by atoms with Crippen LogP contribution in [0.5, 0.6) is 0 Å². The van der Waals surface area contributed by atoms with Gasteiger partial charge in [-0.2, -0.15) is 14.3 Å². The summed E-state index contributed by atoms with van der Waals surface area (Å²) in [6.45, 7) is -0.654. The lowest BCUT2D eigenvalue weighted by molar-refractivity contribution is -0.145. The van der Waals surface area contributed by atoms with Gasteiger partial charge in [0.25, 0.3) is 21.9 Å². The number of amides is 2. The second kappa shape index (κ2) is 5.25. The molecular formula is C8H10N2O7S. The molecule has 0 saturated heterocycles. The van der Waals surface area contributed by atoms with Crippen LogP contribution in [0.3, 0.4) is 0 Å². The lowest BCUT2D eigenvalue weighted by Gasteiger charge is -2.19. The van der Waals surface area contributed by atoms with Crippen LogP contribution in [0.15, 0.2) is 12.2 Å². The predicted octanol–water partition coefficient (Wildman–Crippen LogP) is -2.03. The van der Waals surface area contributed by atoms with Crippen LogP contribution in [0, 0.1) is 0 Å². The molecule has 2 amide bonds. The van der Waals surface area contributed by atoms with Gasteiger partial charge in [-0.05, 0) is 0 Å². The van der Waals surface area contributed by atoms with Crippen LogP contribution < -0.4 is 5.90 Å². The van der Waals surface area contributed by atoms with Crippen molar-refractivity contribution in [2.24, 2.45) is 5.90 Å². The Kier molecular flexibility index (Phi) is 4.16. The fourth-order valence-corrected chi connectivity index (χ4v) is 2.00. The monoisotopic (exact) mass is 278 g/mol. The van der Waals surface area contributed by atoms with Gasteiger partial charge in [0.1, 0.15) is 5.25 Å². The fraction of sp³-hybridized carbons (Fsp3) is 0.375. The van der Waals surface area contributed by atoms with E-state index in [2.05, 4.69) is 10.7 Å². The van der Waals surface area contributed by atoms with Crippen LogP contribution >= 0.6 is 0 Å². The van der Waals surface area contributed by atoms with Gasteiger partial charge in [-0.3, -0.25) is 23.8 Å². The zero-order valence-corrected chi connectivity index (χ0v) is 9.79. The normalized spacial score (nSPS) is 17.1. The van der Waals surface area contributed by atoms with Crippen LogP contribution in [0.1, 0.15) is 6.42 Å². The van der Waals surface area contributed by atoms with Gasteiger partial charge >= 0.3 is 5.97 Å². The third-order valence-electron chi connectivity index (χ3n) is 2.23. The van der Waals surface area contributed by atoms with Crippen LogP contribution in [-0.2, 0) is 29.3 Å². The van der Waals surface area contributed by atoms with Crippen LogP contribution in [0.4, 0.5) is 0 Å². The SMILES string of the molecule is NOC(=O)CC(CN1C(=O)C=CC1=O)S(=O)(=O)O. The van der Waals surface area contributed by atoms with E-state index in [4.69, 9.17) is 4.55 Å². The summed E-state index contributed by atoms with van der Waals surface area (Å²) in [7, 11) is -4.63. The molecule has 100 valence electrons. The first-order valence-electron chi connectivity index (χ1n) is 4.65. The Morgan fingerprint density at radius 2 is 1.89 bits per heavy atom. The highest BCUT2D eigenvalue weighted by atomic mass is 32.2. The van der Waals surface area contributed by atoms with Crippen molar-refractivity contribution in [1.82, 2.24) is 4.90 Å². The summed E-state index contributed by atoms with van der Waals surface area (Å²) in [6.07, 6.45) is 1.13. The van der Waals surface area contributed by atoms with Gasteiger partial charge in [-0.25, -0.2) is 0 Å². The number of rotatable bonds is 5. The van der Waals surface area contributed by atoms with E-state index in [0.29, 0.717) is 4.90 Å². The molecule has 3 N–H and O–H groups in total. The van der Waals surface area contributed by atoms with E-state index < -0.39 is 46.1 Å². The minimum atomic E-state index is -4.63. The number of nitrogens with two attached hydrogens (primary N) is 1. The highest BCUT2D eigenvalue weighted by molar-refractivity contribution is 7.86. The van der Waals surface area contributed by atoms with Crippen molar-refractivity contribution in [3.63, 3.8) is 0 Å². The summed E-state index contributed by atoms with van der Waals surface area (Å²) >= 11 is 0. The molecule has 9 nitrogen and oxygen atoms in total. The van der Waals surface area contributed by atoms with E-state index in [1.54, 1.807) is 0 Å². The molecule has 1 heterocycles. The molecule has 0 aliphatic carbocycles. The molecule has 0 aromatic heterocycles. The molecule has 18 heavy (non-hydrogen) atoms. The molecule has 0 radical (unpaired) electrons. The van der Waals surface area contributed by atoms with Gasteiger partial charge in [0.15, 0.2) is 0 Å². The largest absolute Gasteiger partial charge is 0.373 e. The Morgan fingerprint density at radius 3 is 2.28 bits per heavy atom. The predicted molar refractivity (Wildman–Crippen MR) is 56.1 cm³/mol. The minimum absolute atomic E-state index is 0.586. The molecule has 0 saturated carbocycles. The third kappa shape index (κ3) is 3.35. The smallest absolute Gasteiger partial charge is 0.325 e. The average molecular weight is 278 g/mol. The molecule has 0 bridgehead atoms. The Labute approximate surface area is 102 Å². The fourth-order valence-electron chi connectivity index (χ4n) is 1.31. The molecule has 0 aromatic rings. The number of carbonyl (C=O) groups excluding carboxylic acids is 3. The molecule has 1 unspecified atom stereocenters. The molecular weight excluding hydrogens is 268 g/mol. The Hall–Kier alpha value is -1.78. The maximum atomic E-state index is 11.2. The van der Waals surface area contributed by atoms with Crippen molar-refractivity contribution in [3.05, 3.63) is 12.2 Å². The van der Waals surface area contributed by atoms with E-state index in [1.165, 1.54) is 0 Å². The second-order valence-corrected chi connectivity index (χ2v) is 5.15. The van der Waals surface area contributed by atoms with Crippen molar-refractivity contribution in [2.75, 3.05) is 6.54 Å². The third-order valence-corrected chi connectivity index (χ3v) is 3.39. The van der Waals surface area contributed by atoms with Crippen LogP contribution in [-0.4, -0.2) is 47.4 Å². The summed E-state index contributed by atoms with van der Waals surface area (Å²) in [6, 6.07) is 0. The molecule has 1 aliphatic rings. The summed E-state index contributed by atoms with van der Waals surface area (Å²) in [5, 5.41) is -1.68. The molecule has 0 spiro atoms. The second-order valence-electron chi connectivity index (χ2n) is 3.45. The van der Waals surface area contributed by atoms with Gasteiger partial charge in [-0.1, -0.05) is 0 Å². The summed E-state index contributed by atoms with van der Waals surface area (Å²) < 4.78 is 31.0. The van der Waals surface area contributed by atoms with Gasteiger partial charge in [0, 0.05) is 18.7 Å². The van der Waals surface area contributed by atoms with E-state index in [9.17, 15) is 22.8 Å². The number of imide groups is 1. The first-order chi connectivity index (χ1) is 8.25. The number of hydrogen-bond donors (Lipinski definition) is 2. The van der Waals surface area contributed by atoms with Crippen molar-refractivity contribution in [1.29, 1.82) is 0 Å². The quantitative estimate of drug-likeness (QED) is 0.333. The lowest BCUT2D eigenvalue weighted by Crippen LogP contribution is -2.41. The highest BCUT2D eigenvalue weighted by Gasteiger charge is 2.34. The van der Waals surface area contributed by atoms with Crippen molar-refractivity contribution >= 4 is 27.9 Å². The molecule has 1 rings (SSSR count). The van der Waals surface area contributed by atoms with E-state index in [0.717, 1.165) is 12.2 Å². The standard InChI is InChI=1S/C8H10N2O7S/c9-17-8(13)3-5(18(14,15)16)4-10-6(11)1-2-7(10)12/h1-2,5H,3-4,9H2,(H,14,15,16). The number of nitrogens with zero attached hydrogens (tertiary/aromatic N) is 1. The van der Waals surface area contributed by atoms with Gasteiger partial charge in [-0.15, -0.1) is 0 Å². The minimum Gasteiger partial charge on any atom is -0.373 e. The van der Waals surface area contributed by atoms with Crippen molar-refractivity contribution < 1.29 is 32.2 Å². The van der Waals surface area contributed by atoms with Crippen LogP contribution in [0.25, 0.3) is 0 Å². The number of hydrogen-bond acceptors (Lipinski definition) is 7. The molecule has 0 aromatic carbocycles. The van der Waals surface area contributed by atoms with Crippen molar-refractivity contribution in [3.8, 4) is 0 Å². The zero-order chi connectivity index (χ0) is 13.9. The number of carbonyl (C=O) groups is 3. The Morgan fingerprint density at radius 1 is 1.39 bits per heavy atom. The van der Waals surface area contributed by atoms with Gasteiger partial charge in [0.2, 0.25) is 0 Å². The maximum absolute atomic E-state index is 11.2. The Balaban J connectivity index is 2.83. The van der Waals surface area contributed by atoms with Gasteiger partial charge in [0.05, 0.1) is 6.42 Å². The van der Waals surface area contributed by atoms with Crippen molar-refractivity contribution in [2.45, 2.75) is 11.7 Å².